The Balaban J connectivity index is 2.18. The van der Waals surface area contributed by atoms with Crippen LogP contribution in [0.1, 0.15) is 22.2 Å². The topological polar surface area (TPSA) is 97.4 Å². The second-order valence-electron chi connectivity index (χ2n) is 3.80. The van der Waals surface area contributed by atoms with E-state index in [9.17, 15) is 9.59 Å². The maximum atomic E-state index is 11.8. The smallest absolute Gasteiger partial charge is 0.331 e. The van der Waals surface area contributed by atoms with E-state index in [0.717, 1.165) is 0 Å². The number of nitrogens with zero attached hydrogens (tertiary/aromatic N) is 2. The number of aliphatic carboxylic acids is 1. The Kier molecular flexibility index (Phi) is 3.57. The molecule has 0 aliphatic carbocycles. The summed E-state index contributed by atoms with van der Waals surface area (Å²) in [4.78, 5) is 23.0. The fourth-order valence-corrected chi connectivity index (χ4v) is 1.66. The molecule has 0 bridgehead atoms. The molecule has 7 nitrogen and oxygen atoms in total. The van der Waals surface area contributed by atoms with E-state index in [0.29, 0.717) is 5.56 Å². The Morgan fingerprint density at radius 3 is 2.74 bits per heavy atom. The minimum atomic E-state index is -1.20. The number of amides is 1. The maximum absolute atomic E-state index is 11.8. The van der Waals surface area contributed by atoms with Crippen molar-refractivity contribution in [3.8, 4) is 0 Å². The first-order valence-electron chi connectivity index (χ1n) is 5.25. The number of aryl methyl sites for hydroxylation is 1. The number of rotatable bonds is 4. The molecule has 0 aliphatic heterocycles. The molecule has 0 fully saturated rings. The number of carbonyl (C=O) groups is 2. The quantitative estimate of drug-likeness (QED) is 0.879. The summed E-state index contributed by atoms with van der Waals surface area (Å²) >= 11 is 5.55. The van der Waals surface area contributed by atoms with Crippen molar-refractivity contribution in [3.63, 3.8) is 0 Å². The Bertz CT molecular complexity index is 619. The molecule has 19 heavy (non-hydrogen) atoms. The number of hydrogen-bond acceptors (Lipinski definition) is 4. The van der Waals surface area contributed by atoms with Crippen LogP contribution in [0.2, 0.25) is 5.22 Å². The van der Waals surface area contributed by atoms with Gasteiger partial charge in [-0.2, -0.15) is 5.10 Å². The number of aromatic nitrogens is 2. The molecule has 1 amide bonds. The Hall–Kier alpha value is -2.28. The molecule has 0 spiro atoms. The maximum Gasteiger partial charge on any atom is 0.331 e. The largest absolute Gasteiger partial charge is 0.479 e. The number of carbonyl (C=O) groups excluding carboxylic acids is 1. The van der Waals surface area contributed by atoms with E-state index in [1.165, 1.54) is 29.2 Å². The van der Waals surface area contributed by atoms with Crippen LogP contribution in [-0.4, -0.2) is 26.8 Å². The average molecular weight is 284 g/mol. The van der Waals surface area contributed by atoms with Crippen molar-refractivity contribution in [3.05, 3.63) is 41.1 Å². The van der Waals surface area contributed by atoms with Gasteiger partial charge in [-0.05, 0) is 23.7 Å². The molecule has 1 unspecified atom stereocenters. The van der Waals surface area contributed by atoms with Crippen molar-refractivity contribution < 1.29 is 19.1 Å². The SMILES string of the molecule is Cn1cc(C(NC(=O)c2ccc(Cl)o2)C(=O)O)cn1. The van der Waals surface area contributed by atoms with Crippen molar-refractivity contribution in [2.45, 2.75) is 6.04 Å². The van der Waals surface area contributed by atoms with E-state index in [2.05, 4.69) is 10.4 Å². The van der Waals surface area contributed by atoms with Crippen LogP contribution < -0.4 is 5.32 Å². The molecule has 1 atom stereocenters. The summed E-state index contributed by atoms with van der Waals surface area (Å²) in [5, 5.41) is 15.4. The first-order valence-corrected chi connectivity index (χ1v) is 5.62. The highest BCUT2D eigenvalue weighted by atomic mass is 35.5. The van der Waals surface area contributed by atoms with Gasteiger partial charge in [-0.15, -0.1) is 0 Å². The van der Waals surface area contributed by atoms with Gasteiger partial charge in [0.1, 0.15) is 0 Å². The molecule has 2 heterocycles. The van der Waals surface area contributed by atoms with Gasteiger partial charge in [-0.1, -0.05) is 0 Å². The summed E-state index contributed by atoms with van der Waals surface area (Å²) in [6, 6.07) is 1.56. The van der Waals surface area contributed by atoms with Gasteiger partial charge in [0.2, 0.25) is 0 Å². The number of hydrogen-bond donors (Lipinski definition) is 2. The molecule has 2 N–H and O–H groups in total. The van der Waals surface area contributed by atoms with Crippen LogP contribution in [-0.2, 0) is 11.8 Å². The van der Waals surface area contributed by atoms with Gasteiger partial charge in [0, 0.05) is 18.8 Å². The molecular formula is C11H10ClN3O4. The highest BCUT2D eigenvalue weighted by Crippen LogP contribution is 2.16. The summed E-state index contributed by atoms with van der Waals surface area (Å²) < 4.78 is 6.35. The van der Waals surface area contributed by atoms with Crippen molar-refractivity contribution in [1.29, 1.82) is 0 Å². The van der Waals surface area contributed by atoms with Gasteiger partial charge in [0.25, 0.3) is 5.91 Å². The lowest BCUT2D eigenvalue weighted by Crippen LogP contribution is -2.33. The molecule has 0 aromatic carbocycles. The molecule has 2 rings (SSSR count). The molecular weight excluding hydrogens is 274 g/mol. The van der Waals surface area contributed by atoms with Crippen LogP contribution in [0.4, 0.5) is 0 Å². The fraction of sp³-hybridized carbons (Fsp3) is 0.182. The van der Waals surface area contributed by atoms with E-state index in [4.69, 9.17) is 21.1 Å². The van der Waals surface area contributed by atoms with Crippen LogP contribution in [0.3, 0.4) is 0 Å². The van der Waals surface area contributed by atoms with E-state index in [1.54, 1.807) is 7.05 Å². The van der Waals surface area contributed by atoms with Crippen molar-refractivity contribution in [2.75, 3.05) is 0 Å². The highest BCUT2D eigenvalue weighted by Gasteiger charge is 2.25. The van der Waals surface area contributed by atoms with Crippen LogP contribution >= 0.6 is 11.6 Å². The number of furan rings is 1. The summed E-state index contributed by atoms with van der Waals surface area (Å²) in [5.41, 5.74) is 0.362. The summed E-state index contributed by atoms with van der Waals surface area (Å²) in [6.07, 6.45) is 2.88. The average Bonchev–Trinajstić information content (AvgIpc) is 2.94. The van der Waals surface area contributed by atoms with E-state index in [-0.39, 0.29) is 11.0 Å². The van der Waals surface area contributed by atoms with Crippen molar-refractivity contribution in [1.82, 2.24) is 15.1 Å². The van der Waals surface area contributed by atoms with Gasteiger partial charge < -0.3 is 14.8 Å². The summed E-state index contributed by atoms with van der Waals surface area (Å²) in [5.74, 6) is -1.91. The molecule has 0 radical (unpaired) electrons. The fourth-order valence-electron chi connectivity index (χ4n) is 1.52. The molecule has 0 saturated carbocycles. The zero-order valence-electron chi connectivity index (χ0n) is 9.83. The number of carboxylic acids is 1. The molecule has 0 aliphatic rings. The third-order valence-corrected chi connectivity index (χ3v) is 2.58. The first-order chi connectivity index (χ1) is 8.97. The number of nitrogens with one attached hydrogen (secondary N) is 1. The first kappa shape index (κ1) is 13.2. The lowest BCUT2D eigenvalue weighted by molar-refractivity contribution is -0.139. The van der Waals surface area contributed by atoms with Gasteiger partial charge in [0.05, 0.1) is 6.20 Å². The van der Waals surface area contributed by atoms with Gasteiger partial charge in [-0.25, -0.2) is 4.79 Å². The second-order valence-corrected chi connectivity index (χ2v) is 4.17. The summed E-state index contributed by atoms with van der Waals surface area (Å²) in [7, 11) is 1.65. The van der Waals surface area contributed by atoms with Crippen LogP contribution in [0.15, 0.2) is 28.9 Å². The lowest BCUT2D eigenvalue weighted by Gasteiger charge is -2.11. The summed E-state index contributed by atoms with van der Waals surface area (Å²) in [6.45, 7) is 0. The number of halogens is 1. The van der Waals surface area contributed by atoms with Gasteiger partial charge >= 0.3 is 5.97 Å². The van der Waals surface area contributed by atoms with E-state index < -0.39 is 17.9 Å². The van der Waals surface area contributed by atoms with E-state index >= 15 is 0 Å². The zero-order chi connectivity index (χ0) is 14.0. The minimum absolute atomic E-state index is 0.0541. The van der Waals surface area contributed by atoms with Crippen LogP contribution in [0.25, 0.3) is 0 Å². The van der Waals surface area contributed by atoms with Crippen molar-refractivity contribution >= 4 is 23.5 Å². The lowest BCUT2D eigenvalue weighted by atomic mass is 10.1. The molecule has 100 valence electrons. The van der Waals surface area contributed by atoms with Crippen LogP contribution in [0.5, 0.6) is 0 Å². The zero-order valence-corrected chi connectivity index (χ0v) is 10.6. The van der Waals surface area contributed by atoms with E-state index in [1.807, 2.05) is 0 Å². The van der Waals surface area contributed by atoms with Crippen LogP contribution in [0, 0.1) is 0 Å². The second kappa shape index (κ2) is 5.15. The molecule has 2 aromatic rings. The Morgan fingerprint density at radius 2 is 2.26 bits per heavy atom. The standard InChI is InChI=1S/C11H10ClN3O4/c1-15-5-6(4-13-15)9(11(17)18)14-10(16)7-2-3-8(12)19-7/h2-5,9H,1H3,(H,14,16)(H,17,18). The monoisotopic (exact) mass is 283 g/mol. The Morgan fingerprint density at radius 1 is 1.53 bits per heavy atom. The third kappa shape index (κ3) is 2.94. The Labute approximate surface area is 112 Å². The normalized spacial score (nSPS) is 12.1. The third-order valence-electron chi connectivity index (χ3n) is 2.38. The van der Waals surface area contributed by atoms with Gasteiger partial charge in [-0.3, -0.25) is 9.48 Å². The minimum Gasteiger partial charge on any atom is -0.479 e. The molecule has 8 heteroatoms. The number of carboxylic acid groups (broad SMARTS) is 1. The van der Waals surface area contributed by atoms with Crippen molar-refractivity contribution in [2.24, 2.45) is 7.05 Å². The molecule has 0 saturated heterocycles. The van der Waals surface area contributed by atoms with Gasteiger partial charge in [0.15, 0.2) is 17.0 Å². The predicted octanol–water partition coefficient (Wildman–Crippen LogP) is 1.22. The molecule has 2 aromatic heterocycles. The predicted molar refractivity (Wildman–Crippen MR) is 64.8 cm³/mol. The highest BCUT2D eigenvalue weighted by molar-refractivity contribution is 6.29.